The Hall–Kier alpha value is -1.46. The molecule has 1 heterocycles. The van der Waals surface area contributed by atoms with Crippen molar-refractivity contribution in [1.29, 1.82) is 0 Å². The van der Waals surface area contributed by atoms with E-state index in [-0.39, 0.29) is 24.8 Å². The lowest BCUT2D eigenvalue weighted by Gasteiger charge is -2.17. The standard InChI is InChI=1S/C20H24ClN3O.2ClH/c1-24(13-10-21)12-5-11-22-20-16-6-3-4-7-18(16)23-19-9-8-15(25-2)14-17(19)20;;/h3-4,6-9,14H,5,10-13H2,1-2H3,(H,22,23);2*1H. The van der Waals surface area contributed by atoms with Crippen molar-refractivity contribution in [3.63, 3.8) is 0 Å². The highest BCUT2D eigenvalue weighted by molar-refractivity contribution is 6.18. The number of para-hydroxylation sites is 1. The number of halogens is 3. The summed E-state index contributed by atoms with van der Waals surface area (Å²) in [7, 11) is 3.79. The van der Waals surface area contributed by atoms with Crippen LogP contribution in [0.3, 0.4) is 0 Å². The average molecular weight is 431 g/mol. The molecule has 0 saturated carbocycles. The summed E-state index contributed by atoms with van der Waals surface area (Å²) in [5.74, 6) is 1.51. The minimum absolute atomic E-state index is 0. The number of fused-ring (bicyclic) bond motifs is 2. The first-order valence-corrected chi connectivity index (χ1v) is 9.11. The molecule has 27 heavy (non-hydrogen) atoms. The highest BCUT2D eigenvalue weighted by Crippen LogP contribution is 2.32. The number of rotatable bonds is 8. The maximum Gasteiger partial charge on any atom is 0.119 e. The molecular weight excluding hydrogens is 405 g/mol. The van der Waals surface area contributed by atoms with Gasteiger partial charge in [0.2, 0.25) is 0 Å². The second-order valence-corrected chi connectivity index (χ2v) is 6.54. The number of nitrogens with zero attached hydrogens (tertiary/aromatic N) is 2. The van der Waals surface area contributed by atoms with Gasteiger partial charge in [0, 0.05) is 29.7 Å². The summed E-state index contributed by atoms with van der Waals surface area (Å²) in [6.45, 7) is 2.83. The van der Waals surface area contributed by atoms with Gasteiger partial charge in [-0.05, 0) is 44.3 Å². The molecule has 2 aromatic carbocycles. The highest BCUT2D eigenvalue weighted by atomic mass is 35.5. The molecule has 0 bridgehead atoms. The molecule has 0 aliphatic rings. The van der Waals surface area contributed by atoms with Crippen LogP contribution in [0.1, 0.15) is 6.42 Å². The third kappa shape index (κ3) is 5.76. The molecule has 7 heteroatoms. The summed E-state index contributed by atoms with van der Waals surface area (Å²) < 4.78 is 5.40. The number of pyridine rings is 1. The van der Waals surface area contributed by atoms with E-state index in [9.17, 15) is 0 Å². The van der Waals surface area contributed by atoms with Gasteiger partial charge in [-0.3, -0.25) is 0 Å². The molecule has 0 unspecified atom stereocenters. The normalized spacial score (nSPS) is 10.5. The Bertz CT molecular complexity index is 860. The zero-order valence-corrected chi connectivity index (χ0v) is 18.0. The number of hydrogen-bond acceptors (Lipinski definition) is 4. The lowest BCUT2D eigenvalue weighted by molar-refractivity contribution is 0.353. The van der Waals surface area contributed by atoms with Gasteiger partial charge in [-0.1, -0.05) is 18.2 Å². The third-order valence-corrected chi connectivity index (χ3v) is 4.54. The zero-order valence-electron chi connectivity index (χ0n) is 15.6. The maximum atomic E-state index is 5.79. The molecule has 0 saturated heterocycles. The van der Waals surface area contributed by atoms with E-state index in [0.717, 1.165) is 59.3 Å². The van der Waals surface area contributed by atoms with Gasteiger partial charge >= 0.3 is 0 Å². The molecule has 0 spiro atoms. The van der Waals surface area contributed by atoms with Gasteiger partial charge in [-0.25, -0.2) is 4.98 Å². The Morgan fingerprint density at radius 1 is 1.04 bits per heavy atom. The number of benzene rings is 2. The molecule has 1 aromatic heterocycles. The van der Waals surface area contributed by atoms with Crippen molar-refractivity contribution in [2.45, 2.75) is 6.42 Å². The highest BCUT2D eigenvalue weighted by Gasteiger charge is 2.10. The van der Waals surface area contributed by atoms with Crippen molar-refractivity contribution in [3.8, 4) is 5.75 Å². The minimum atomic E-state index is 0. The number of anilines is 1. The van der Waals surface area contributed by atoms with Crippen LogP contribution >= 0.6 is 36.4 Å². The van der Waals surface area contributed by atoms with E-state index in [1.54, 1.807) is 7.11 Å². The second kappa shape index (κ2) is 11.4. The first-order chi connectivity index (χ1) is 12.2. The lowest BCUT2D eigenvalue weighted by Crippen LogP contribution is -2.23. The fraction of sp³-hybridized carbons (Fsp3) is 0.350. The van der Waals surface area contributed by atoms with Crippen LogP contribution in [-0.2, 0) is 0 Å². The number of aromatic nitrogens is 1. The van der Waals surface area contributed by atoms with Gasteiger partial charge in [0.05, 0.1) is 23.8 Å². The van der Waals surface area contributed by atoms with Crippen LogP contribution in [0.5, 0.6) is 5.75 Å². The Labute approximate surface area is 178 Å². The van der Waals surface area contributed by atoms with Gasteiger partial charge in [-0.15, -0.1) is 36.4 Å². The minimum Gasteiger partial charge on any atom is -0.497 e. The predicted octanol–water partition coefficient (Wildman–Crippen LogP) is 5.21. The molecular formula is C20H26Cl3N3O. The zero-order chi connectivity index (χ0) is 17.6. The molecule has 0 fully saturated rings. The van der Waals surface area contributed by atoms with Crippen LogP contribution in [0.4, 0.5) is 5.69 Å². The summed E-state index contributed by atoms with van der Waals surface area (Å²) in [4.78, 5) is 7.03. The molecule has 4 nitrogen and oxygen atoms in total. The van der Waals surface area contributed by atoms with E-state index in [0.29, 0.717) is 5.88 Å². The third-order valence-electron chi connectivity index (χ3n) is 4.37. The van der Waals surface area contributed by atoms with Crippen molar-refractivity contribution in [3.05, 3.63) is 42.5 Å². The molecule has 3 rings (SSSR count). The van der Waals surface area contributed by atoms with E-state index in [1.165, 1.54) is 0 Å². The van der Waals surface area contributed by atoms with Crippen LogP contribution < -0.4 is 10.1 Å². The van der Waals surface area contributed by atoms with E-state index in [1.807, 2.05) is 18.2 Å². The summed E-state index contributed by atoms with van der Waals surface area (Å²) in [6, 6.07) is 14.3. The predicted molar refractivity (Wildman–Crippen MR) is 122 cm³/mol. The van der Waals surface area contributed by atoms with Crippen LogP contribution in [0.2, 0.25) is 0 Å². The van der Waals surface area contributed by atoms with E-state index >= 15 is 0 Å². The topological polar surface area (TPSA) is 37.4 Å². The van der Waals surface area contributed by atoms with Crippen LogP contribution in [0.25, 0.3) is 21.8 Å². The monoisotopic (exact) mass is 429 g/mol. The van der Waals surface area contributed by atoms with Crippen molar-refractivity contribution in [2.24, 2.45) is 0 Å². The molecule has 0 aliphatic heterocycles. The Morgan fingerprint density at radius 3 is 2.52 bits per heavy atom. The molecule has 3 aromatic rings. The second-order valence-electron chi connectivity index (χ2n) is 6.16. The molecule has 0 aliphatic carbocycles. The first-order valence-electron chi connectivity index (χ1n) is 8.58. The van der Waals surface area contributed by atoms with Crippen molar-refractivity contribution in [2.75, 3.05) is 45.0 Å². The molecule has 0 radical (unpaired) electrons. The fourth-order valence-electron chi connectivity index (χ4n) is 3.01. The molecule has 1 N–H and O–H groups in total. The van der Waals surface area contributed by atoms with Crippen molar-refractivity contribution in [1.82, 2.24) is 9.88 Å². The number of hydrogen-bond donors (Lipinski definition) is 1. The number of alkyl halides is 1. The van der Waals surface area contributed by atoms with Crippen LogP contribution in [0.15, 0.2) is 42.5 Å². The van der Waals surface area contributed by atoms with Crippen LogP contribution in [0, 0.1) is 0 Å². The number of ether oxygens (including phenoxy) is 1. The molecule has 0 atom stereocenters. The first kappa shape index (κ1) is 23.6. The Balaban J connectivity index is 0.00000182. The summed E-state index contributed by atoms with van der Waals surface area (Å²) >= 11 is 5.79. The van der Waals surface area contributed by atoms with Crippen LogP contribution in [-0.4, -0.2) is 49.6 Å². The van der Waals surface area contributed by atoms with E-state index in [2.05, 4.69) is 41.5 Å². The Kier molecular flexibility index (Phi) is 9.95. The number of nitrogens with one attached hydrogen (secondary N) is 1. The van der Waals surface area contributed by atoms with Crippen molar-refractivity contribution >= 4 is 63.9 Å². The summed E-state index contributed by atoms with van der Waals surface area (Å²) in [5.41, 5.74) is 3.10. The molecule has 148 valence electrons. The summed E-state index contributed by atoms with van der Waals surface area (Å²) in [5, 5.41) is 5.85. The largest absolute Gasteiger partial charge is 0.497 e. The lowest BCUT2D eigenvalue weighted by atomic mass is 10.1. The smallest absolute Gasteiger partial charge is 0.119 e. The Morgan fingerprint density at radius 2 is 1.78 bits per heavy atom. The van der Waals surface area contributed by atoms with Gasteiger partial charge in [0.1, 0.15) is 5.75 Å². The van der Waals surface area contributed by atoms with Gasteiger partial charge in [0.25, 0.3) is 0 Å². The average Bonchev–Trinajstić information content (AvgIpc) is 2.64. The SMILES string of the molecule is COc1ccc2nc3ccccc3c(NCCCN(C)CCCl)c2c1.Cl.Cl. The quantitative estimate of drug-likeness (QED) is 0.302. The molecule has 0 amide bonds. The maximum absolute atomic E-state index is 5.79. The van der Waals surface area contributed by atoms with E-state index in [4.69, 9.17) is 21.3 Å². The van der Waals surface area contributed by atoms with E-state index < -0.39 is 0 Å². The summed E-state index contributed by atoms with van der Waals surface area (Å²) in [6.07, 6.45) is 1.05. The number of methoxy groups -OCH3 is 1. The van der Waals surface area contributed by atoms with Gasteiger partial charge < -0.3 is 15.0 Å². The van der Waals surface area contributed by atoms with Gasteiger partial charge in [-0.2, -0.15) is 0 Å². The van der Waals surface area contributed by atoms with Crippen molar-refractivity contribution < 1.29 is 4.74 Å². The van der Waals surface area contributed by atoms with Gasteiger partial charge in [0.15, 0.2) is 0 Å². The fourth-order valence-corrected chi connectivity index (χ4v) is 3.29.